The molecule has 1 atom stereocenters. The molecule has 0 amide bonds. The smallest absolute Gasteiger partial charge is 0.159 e. The van der Waals surface area contributed by atoms with Gasteiger partial charge in [-0.15, -0.1) is 0 Å². The number of hydrogen-bond acceptors (Lipinski definition) is 5. The van der Waals surface area contributed by atoms with Gasteiger partial charge >= 0.3 is 0 Å². The van der Waals surface area contributed by atoms with E-state index in [1.807, 2.05) is 0 Å². The molecule has 4 heterocycles. The van der Waals surface area contributed by atoms with Crippen LogP contribution >= 0.6 is 0 Å². The molecule has 0 saturated heterocycles. The maximum absolute atomic E-state index is 7.90. The number of anilines is 6. The highest BCUT2D eigenvalue weighted by Crippen LogP contribution is 2.56. The summed E-state index contributed by atoms with van der Waals surface area (Å²) in [5.41, 5.74) is 20.1. The van der Waals surface area contributed by atoms with Gasteiger partial charge < -0.3 is 23.5 Å². The summed E-state index contributed by atoms with van der Waals surface area (Å²) in [5, 5.41) is 25.2. The Kier molecular flexibility index (Phi) is 13.7. The van der Waals surface area contributed by atoms with Crippen LogP contribution in [-0.2, 0) is 0 Å². The Bertz CT molecular complexity index is 7560. The van der Waals surface area contributed by atoms with Crippen molar-refractivity contribution < 1.29 is 8.83 Å². The Labute approximate surface area is 635 Å². The molecule has 516 valence electrons. The van der Waals surface area contributed by atoms with Crippen LogP contribution in [0.15, 0.2) is 366 Å². The van der Waals surface area contributed by atoms with Gasteiger partial charge in [0.05, 0.1) is 28.8 Å². The molecule has 0 N–H and O–H groups in total. The fourth-order valence-electron chi connectivity index (χ4n) is 18.7. The minimum atomic E-state index is -0.161. The van der Waals surface area contributed by atoms with Crippen molar-refractivity contribution in [2.24, 2.45) is 0 Å². The second-order valence-corrected chi connectivity index (χ2v) is 30.3. The van der Waals surface area contributed by atoms with E-state index in [-0.39, 0.29) is 12.0 Å². The molecule has 0 spiro atoms. The molecule has 0 fully saturated rings. The molecule has 3 aliphatic rings. The van der Waals surface area contributed by atoms with Crippen molar-refractivity contribution in [3.8, 4) is 22.3 Å². The zero-order valence-electron chi connectivity index (χ0n) is 60.6. The summed E-state index contributed by atoms with van der Waals surface area (Å²) in [6, 6.07) is 116. The molecule has 20 aromatic rings. The molecule has 2 aliphatic heterocycles. The number of para-hydroxylation sites is 2. The van der Waals surface area contributed by atoms with Crippen molar-refractivity contribution in [1.82, 2.24) is 0 Å². The number of allylic oxidation sites excluding steroid dienone is 4. The van der Waals surface area contributed by atoms with Gasteiger partial charge in [-0.1, -0.05) is 263 Å². The van der Waals surface area contributed by atoms with Crippen molar-refractivity contribution >= 4 is 187 Å². The van der Waals surface area contributed by atoms with Crippen LogP contribution in [0.4, 0.5) is 34.1 Å². The van der Waals surface area contributed by atoms with Gasteiger partial charge in [-0.25, -0.2) is 0 Å². The molecule has 0 bridgehead atoms. The summed E-state index contributed by atoms with van der Waals surface area (Å²) in [6.45, 7) is 5.40. The van der Waals surface area contributed by atoms with Gasteiger partial charge in [0.2, 0.25) is 0 Å². The summed E-state index contributed by atoms with van der Waals surface area (Å²) in [4.78, 5) is 7.45. The monoisotopic (exact) mass is 1400 g/mol. The second-order valence-electron chi connectivity index (χ2n) is 30.3. The predicted molar refractivity (Wildman–Crippen MR) is 468 cm³/mol. The van der Waals surface area contributed by atoms with E-state index in [0.717, 1.165) is 155 Å². The zero-order valence-corrected chi connectivity index (χ0v) is 60.6. The zero-order chi connectivity index (χ0) is 72.4. The lowest BCUT2D eigenvalue weighted by Gasteiger charge is -2.40. The standard InChI is InChI=1S/C105H69N3O2/c1-63(2)85-58-77-60-97(108(93-37-19-30-64-24-10-15-33-82(64)93)96-59-73-28-11-14-32-80(73)88-56-72(46-48-83(88)96)71-43-42-67-41-40-66-25-9-13-31-79(66)86(67)55-71)90-62-87(65-22-5-3-6-23-65)100-91-61-78(106-50-17-4-18-51-106)47-49-98(91)109-105(100)102(90)99(77)101-84-35-21-39-95(103(84)110-104(85)101)107-92-36-16-12-29-75(92)57-89-81(34-20-38-94(89)107)74-45-44-70-52-68-26-7-8-27-69(68)53-76(70)54-74/h3-50,52-63,94H,51H2,1-2H3. The van der Waals surface area contributed by atoms with Crippen molar-refractivity contribution in [2.45, 2.75) is 25.8 Å². The normalized spacial score (nSPS) is 14.4. The molecule has 0 saturated carbocycles. The Hall–Kier alpha value is -14.0. The molecular formula is C105H69N3O2. The van der Waals surface area contributed by atoms with Crippen molar-refractivity contribution in [1.29, 1.82) is 0 Å². The van der Waals surface area contributed by atoms with Gasteiger partial charge in [-0.05, 0) is 229 Å². The molecule has 0 radical (unpaired) electrons. The fraction of sp³-hybridized carbons (Fsp3) is 0.0476. The van der Waals surface area contributed by atoms with Gasteiger partial charge in [-0.2, -0.15) is 0 Å². The maximum atomic E-state index is 7.90. The average molecular weight is 1400 g/mol. The van der Waals surface area contributed by atoms with Crippen LogP contribution in [0.1, 0.15) is 36.5 Å². The Morgan fingerprint density at radius 3 is 1.83 bits per heavy atom. The molecule has 18 aromatic carbocycles. The number of hydrogen-bond donors (Lipinski definition) is 0. The maximum Gasteiger partial charge on any atom is 0.159 e. The van der Waals surface area contributed by atoms with Gasteiger partial charge in [0.1, 0.15) is 16.7 Å². The first-order valence-corrected chi connectivity index (χ1v) is 38.4. The van der Waals surface area contributed by atoms with Crippen LogP contribution in [-0.4, -0.2) is 12.6 Å². The largest absolute Gasteiger partial charge is 0.455 e. The van der Waals surface area contributed by atoms with E-state index in [4.69, 9.17) is 8.83 Å². The summed E-state index contributed by atoms with van der Waals surface area (Å²) in [5.74, 6) is 0.0575. The number of benzene rings is 18. The van der Waals surface area contributed by atoms with Crippen LogP contribution in [0.5, 0.6) is 0 Å². The lowest BCUT2D eigenvalue weighted by molar-refractivity contribution is 0.655. The first kappa shape index (κ1) is 62.2. The van der Waals surface area contributed by atoms with Gasteiger partial charge in [0.15, 0.2) is 5.58 Å². The molecule has 23 rings (SSSR count). The fourth-order valence-corrected chi connectivity index (χ4v) is 18.7. The van der Waals surface area contributed by atoms with Gasteiger partial charge in [-0.3, -0.25) is 0 Å². The number of furan rings is 2. The highest BCUT2D eigenvalue weighted by molar-refractivity contribution is 6.37. The third-order valence-corrected chi connectivity index (χ3v) is 23.9. The third-order valence-electron chi connectivity index (χ3n) is 23.9. The second kappa shape index (κ2) is 24.3. The molecule has 5 nitrogen and oxygen atoms in total. The van der Waals surface area contributed by atoms with E-state index >= 15 is 0 Å². The molecule has 110 heavy (non-hydrogen) atoms. The van der Waals surface area contributed by atoms with E-state index in [1.165, 1.54) is 76.1 Å². The highest BCUT2D eigenvalue weighted by atomic mass is 16.3. The SMILES string of the molecule is CC(C)c1cc2cc(N(c3cccc4ccccc34)c3cc4ccccc4c4cc(-c5ccc6ccc7ccccc7c6c5)ccc34)c3cc(-c4ccccc4)c4c5cc(N6C=CC=CC6)ccc5oc4c3c2c2c1oc1c(N3c4ccccc4C=C4C(c5ccc6cc7ccccc7cc6c5)=CC=CC43)cccc12. The van der Waals surface area contributed by atoms with Crippen LogP contribution in [0.25, 0.3) is 175 Å². The number of nitrogens with zero attached hydrogens (tertiary/aromatic N) is 3. The molecule has 1 aliphatic carbocycles. The molecule has 5 heteroatoms. The van der Waals surface area contributed by atoms with Gasteiger partial charge in [0, 0.05) is 72.6 Å². The third kappa shape index (κ3) is 9.54. The minimum absolute atomic E-state index is 0.0575. The summed E-state index contributed by atoms with van der Waals surface area (Å²) >= 11 is 0. The quantitative estimate of drug-likeness (QED) is 0.106. The number of fused-ring (bicyclic) bond motifs is 22. The summed E-state index contributed by atoms with van der Waals surface area (Å²) in [7, 11) is 0. The molecule has 2 aromatic heterocycles. The van der Waals surface area contributed by atoms with Crippen LogP contribution in [0.2, 0.25) is 0 Å². The highest BCUT2D eigenvalue weighted by Gasteiger charge is 2.36. The van der Waals surface area contributed by atoms with Crippen LogP contribution in [0, 0.1) is 0 Å². The lowest BCUT2D eigenvalue weighted by Crippen LogP contribution is -2.35. The summed E-state index contributed by atoms with van der Waals surface area (Å²) in [6.07, 6.45) is 18.0. The topological polar surface area (TPSA) is 36.0 Å². The minimum Gasteiger partial charge on any atom is -0.455 e. The first-order valence-electron chi connectivity index (χ1n) is 38.4. The van der Waals surface area contributed by atoms with Crippen molar-refractivity contribution in [3.63, 3.8) is 0 Å². The molecule has 1 unspecified atom stereocenters. The Morgan fingerprint density at radius 2 is 1.00 bits per heavy atom. The first-order chi connectivity index (χ1) is 54.3. The number of rotatable bonds is 9. The Morgan fingerprint density at radius 1 is 0.364 bits per heavy atom. The van der Waals surface area contributed by atoms with Crippen molar-refractivity contribution in [2.75, 3.05) is 21.2 Å². The van der Waals surface area contributed by atoms with Crippen LogP contribution in [0.3, 0.4) is 0 Å². The Balaban J connectivity index is 0.817. The van der Waals surface area contributed by atoms with Crippen LogP contribution < -0.4 is 14.7 Å². The van der Waals surface area contributed by atoms with E-state index in [1.54, 1.807) is 0 Å². The predicted octanol–water partition coefficient (Wildman–Crippen LogP) is 29.2. The molecular weight excluding hydrogens is 1340 g/mol. The van der Waals surface area contributed by atoms with E-state index in [9.17, 15) is 0 Å². The summed E-state index contributed by atoms with van der Waals surface area (Å²) < 4.78 is 15.7. The van der Waals surface area contributed by atoms with E-state index in [2.05, 4.69) is 387 Å². The average Bonchev–Trinajstić information content (AvgIpc) is 1.43. The van der Waals surface area contributed by atoms with Gasteiger partial charge in [0.25, 0.3) is 0 Å². The lowest BCUT2D eigenvalue weighted by atomic mass is 9.83. The van der Waals surface area contributed by atoms with E-state index in [0.29, 0.717) is 0 Å². The van der Waals surface area contributed by atoms with E-state index < -0.39 is 0 Å². The van der Waals surface area contributed by atoms with Crippen molar-refractivity contribution in [3.05, 3.63) is 374 Å².